The lowest BCUT2D eigenvalue weighted by Gasteiger charge is -2.20. The van der Waals surface area contributed by atoms with Crippen molar-refractivity contribution in [3.05, 3.63) is 29.3 Å². The molecule has 1 saturated heterocycles. The first-order valence-corrected chi connectivity index (χ1v) is 7.46. The van der Waals surface area contributed by atoms with Crippen LogP contribution in [0, 0.1) is 0 Å². The van der Waals surface area contributed by atoms with Crippen LogP contribution in [0.25, 0.3) is 0 Å². The average Bonchev–Trinajstić information content (AvgIpc) is 2.86. The van der Waals surface area contributed by atoms with Gasteiger partial charge < -0.3 is 14.8 Å². The highest BCUT2D eigenvalue weighted by Gasteiger charge is 2.32. The Hall–Kier alpha value is -1.66. The highest BCUT2D eigenvalue weighted by atomic mass is 32.1. The van der Waals surface area contributed by atoms with Crippen molar-refractivity contribution >= 4 is 29.0 Å². The monoisotopic (exact) mass is 306 g/mol. The molecule has 1 unspecified atom stereocenters. The molecule has 5 nitrogen and oxygen atoms in total. The van der Waals surface area contributed by atoms with E-state index in [1.165, 1.54) is 5.56 Å². The first kappa shape index (κ1) is 14.3. The van der Waals surface area contributed by atoms with Crippen molar-refractivity contribution in [2.75, 3.05) is 24.6 Å². The molecule has 1 amide bonds. The molecule has 1 aromatic carbocycles. The van der Waals surface area contributed by atoms with Crippen LogP contribution < -0.4 is 10.2 Å². The SMILES string of the molecule is CC(=S)NCC1CN(c2ccc3c(c2)COCC3)C(=O)O1. The van der Waals surface area contributed by atoms with Gasteiger partial charge in [-0.2, -0.15) is 0 Å². The number of hydrogen-bond acceptors (Lipinski definition) is 4. The largest absolute Gasteiger partial charge is 0.442 e. The molecule has 1 fully saturated rings. The zero-order chi connectivity index (χ0) is 14.8. The maximum absolute atomic E-state index is 12.0. The van der Waals surface area contributed by atoms with Gasteiger partial charge in [-0.15, -0.1) is 0 Å². The van der Waals surface area contributed by atoms with E-state index in [9.17, 15) is 4.79 Å². The lowest BCUT2D eigenvalue weighted by molar-refractivity contribution is 0.111. The molecular formula is C15H18N2O3S. The zero-order valence-electron chi connectivity index (χ0n) is 11.9. The summed E-state index contributed by atoms with van der Waals surface area (Å²) in [7, 11) is 0. The number of rotatable bonds is 3. The minimum atomic E-state index is -0.305. The van der Waals surface area contributed by atoms with E-state index in [1.807, 2.05) is 19.1 Å². The van der Waals surface area contributed by atoms with Crippen LogP contribution in [0.1, 0.15) is 18.1 Å². The van der Waals surface area contributed by atoms with Gasteiger partial charge >= 0.3 is 6.09 Å². The van der Waals surface area contributed by atoms with Crippen LogP contribution in [0.15, 0.2) is 18.2 Å². The minimum Gasteiger partial charge on any atom is -0.442 e. The van der Waals surface area contributed by atoms with Crippen molar-refractivity contribution < 1.29 is 14.3 Å². The Morgan fingerprint density at radius 1 is 1.48 bits per heavy atom. The normalized spacial score (nSPS) is 20.9. The van der Waals surface area contributed by atoms with Crippen LogP contribution in [0.3, 0.4) is 0 Å². The third-order valence-corrected chi connectivity index (χ3v) is 3.87. The summed E-state index contributed by atoms with van der Waals surface area (Å²) in [4.78, 5) is 14.4. The van der Waals surface area contributed by atoms with Crippen LogP contribution >= 0.6 is 12.2 Å². The fourth-order valence-corrected chi connectivity index (χ4v) is 2.70. The van der Waals surface area contributed by atoms with Crippen molar-refractivity contribution in [3.8, 4) is 0 Å². The smallest absolute Gasteiger partial charge is 0.414 e. The molecule has 6 heteroatoms. The van der Waals surface area contributed by atoms with Crippen molar-refractivity contribution in [2.45, 2.75) is 26.1 Å². The number of cyclic esters (lactones) is 1. The van der Waals surface area contributed by atoms with Crippen molar-refractivity contribution in [3.63, 3.8) is 0 Å². The first-order chi connectivity index (χ1) is 10.1. The molecule has 0 radical (unpaired) electrons. The van der Waals surface area contributed by atoms with E-state index in [4.69, 9.17) is 21.7 Å². The number of fused-ring (bicyclic) bond motifs is 1. The van der Waals surface area contributed by atoms with E-state index in [0.29, 0.717) is 24.7 Å². The Morgan fingerprint density at radius 3 is 3.14 bits per heavy atom. The van der Waals surface area contributed by atoms with E-state index in [-0.39, 0.29) is 12.2 Å². The number of nitrogens with zero attached hydrogens (tertiary/aromatic N) is 1. The predicted molar refractivity (Wildman–Crippen MR) is 83.7 cm³/mol. The molecule has 1 N–H and O–H groups in total. The summed E-state index contributed by atoms with van der Waals surface area (Å²) in [5.74, 6) is 0. The van der Waals surface area contributed by atoms with Gasteiger partial charge in [0.15, 0.2) is 0 Å². The maximum Gasteiger partial charge on any atom is 0.414 e. The number of carbonyl (C=O) groups is 1. The molecule has 2 heterocycles. The summed E-state index contributed by atoms with van der Waals surface area (Å²) in [6, 6.07) is 6.08. The van der Waals surface area contributed by atoms with Gasteiger partial charge in [0.2, 0.25) is 0 Å². The van der Waals surface area contributed by atoms with Gasteiger partial charge in [0.05, 0.1) is 31.3 Å². The van der Waals surface area contributed by atoms with Crippen LogP contribution in [-0.2, 0) is 22.5 Å². The second-order valence-electron chi connectivity index (χ2n) is 5.31. The van der Waals surface area contributed by atoms with Gasteiger partial charge in [-0.25, -0.2) is 4.79 Å². The number of nitrogens with one attached hydrogen (secondary N) is 1. The van der Waals surface area contributed by atoms with Crippen LogP contribution in [0.2, 0.25) is 0 Å². The third kappa shape index (κ3) is 3.16. The fraction of sp³-hybridized carbons (Fsp3) is 0.467. The van der Waals surface area contributed by atoms with Crippen LogP contribution in [-0.4, -0.2) is 36.9 Å². The molecule has 0 bridgehead atoms. The van der Waals surface area contributed by atoms with Crippen molar-refractivity contribution in [1.29, 1.82) is 0 Å². The molecule has 3 rings (SSSR count). The third-order valence-electron chi connectivity index (χ3n) is 3.73. The lowest BCUT2D eigenvalue weighted by atomic mass is 10.0. The summed E-state index contributed by atoms with van der Waals surface area (Å²) < 4.78 is 10.8. The number of thiocarbonyl (C=S) groups is 1. The highest BCUT2D eigenvalue weighted by Crippen LogP contribution is 2.26. The molecule has 1 aromatic rings. The molecule has 21 heavy (non-hydrogen) atoms. The zero-order valence-corrected chi connectivity index (χ0v) is 12.7. The molecule has 0 aliphatic carbocycles. The molecule has 112 valence electrons. The number of hydrogen-bond donors (Lipinski definition) is 1. The number of anilines is 1. The Balaban J connectivity index is 1.72. The van der Waals surface area contributed by atoms with Gasteiger partial charge in [0.1, 0.15) is 6.10 Å². The molecule has 0 spiro atoms. The minimum absolute atomic E-state index is 0.178. The van der Waals surface area contributed by atoms with E-state index in [1.54, 1.807) is 4.90 Å². The topological polar surface area (TPSA) is 50.8 Å². The molecule has 0 aromatic heterocycles. The van der Waals surface area contributed by atoms with E-state index in [2.05, 4.69) is 11.4 Å². The Bertz CT molecular complexity index is 576. The first-order valence-electron chi connectivity index (χ1n) is 7.05. The van der Waals surface area contributed by atoms with E-state index < -0.39 is 0 Å². The molecule has 2 aliphatic heterocycles. The predicted octanol–water partition coefficient (Wildman–Crippen LogP) is 2.02. The second-order valence-corrected chi connectivity index (χ2v) is 5.92. The average molecular weight is 306 g/mol. The Morgan fingerprint density at radius 2 is 2.33 bits per heavy atom. The summed E-state index contributed by atoms with van der Waals surface area (Å²) in [5, 5.41) is 3.04. The number of carbonyl (C=O) groups excluding carboxylic acids is 1. The molecule has 2 aliphatic rings. The molecular weight excluding hydrogens is 288 g/mol. The van der Waals surface area contributed by atoms with Crippen LogP contribution in [0.4, 0.5) is 10.5 Å². The number of ether oxygens (including phenoxy) is 2. The van der Waals surface area contributed by atoms with Gasteiger partial charge in [-0.3, -0.25) is 4.90 Å². The molecule has 0 saturated carbocycles. The quantitative estimate of drug-likeness (QED) is 0.866. The second kappa shape index (κ2) is 5.99. The molecule has 1 atom stereocenters. The number of amides is 1. The standard InChI is InChI=1S/C15H18N2O3S/c1-10(21)16-7-14-8-17(15(18)20-14)13-3-2-11-4-5-19-9-12(11)6-13/h2-3,6,14H,4-5,7-9H2,1H3,(H,16,21). The van der Waals surface area contributed by atoms with Gasteiger partial charge in [0, 0.05) is 5.69 Å². The fourth-order valence-electron chi connectivity index (χ4n) is 2.62. The summed E-state index contributed by atoms with van der Waals surface area (Å²) in [6.07, 6.45) is 0.448. The van der Waals surface area contributed by atoms with Crippen LogP contribution in [0.5, 0.6) is 0 Å². The summed E-state index contributed by atoms with van der Waals surface area (Å²) >= 11 is 4.97. The Kier molecular flexibility index (Phi) is 4.07. The van der Waals surface area contributed by atoms with Crippen molar-refractivity contribution in [1.82, 2.24) is 5.32 Å². The van der Waals surface area contributed by atoms with Crippen molar-refractivity contribution in [2.24, 2.45) is 0 Å². The Labute approximate surface area is 129 Å². The van der Waals surface area contributed by atoms with Gasteiger partial charge in [-0.05, 0) is 36.6 Å². The van der Waals surface area contributed by atoms with Gasteiger partial charge in [-0.1, -0.05) is 18.3 Å². The van der Waals surface area contributed by atoms with E-state index >= 15 is 0 Å². The summed E-state index contributed by atoms with van der Waals surface area (Å²) in [6.45, 7) is 4.27. The number of benzene rings is 1. The van der Waals surface area contributed by atoms with Gasteiger partial charge in [0.25, 0.3) is 0 Å². The lowest BCUT2D eigenvalue weighted by Crippen LogP contribution is -2.32. The maximum atomic E-state index is 12.0. The summed E-state index contributed by atoms with van der Waals surface area (Å²) in [5.41, 5.74) is 3.32. The van der Waals surface area contributed by atoms with E-state index in [0.717, 1.165) is 24.3 Å². The highest BCUT2D eigenvalue weighted by molar-refractivity contribution is 7.80.